The van der Waals surface area contributed by atoms with Crippen LogP contribution in [0.5, 0.6) is 0 Å². The van der Waals surface area contributed by atoms with Crippen molar-refractivity contribution >= 4 is 5.91 Å². The molecule has 2 nitrogen and oxygen atoms in total. The van der Waals surface area contributed by atoms with Crippen LogP contribution in [0.15, 0.2) is 47.7 Å². The maximum absolute atomic E-state index is 12.6. The van der Waals surface area contributed by atoms with Crippen molar-refractivity contribution in [3.05, 3.63) is 58.8 Å². The summed E-state index contributed by atoms with van der Waals surface area (Å²) in [6.45, 7) is 3.97. The number of nitrogens with one attached hydrogen (secondary N) is 1. The lowest BCUT2D eigenvalue weighted by Crippen LogP contribution is -2.27. The molecule has 0 heterocycles. The maximum atomic E-state index is 12.6. The molecule has 2 rings (SSSR count). The van der Waals surface area contributed by atoms with Crippen LogP contribution in [0.1, 0.15) is 36.2 Å². The molecule has 1 atom stereocenters. The van der Waals surface area contributed by atoms with Crippen LogP contribution in [-0.4, -0.2) is 5.91 Å². The van der Waals surface area contributed by atoms with Gasteiger partial charge >= 0.3 is 6.18 Å². The van der Waals surface area contributed by atoms with E-state index in [1.165, 1.54) is 17.7 Å². The minimum atomic E-state index is -4.45. The second-order valence-corrected chi connectivity index (χ2v) is 5.27. The molecule has 1 aromatic rings. The van der Waals surface area contributed by atoms with Crippen LogP contribution < -0.4 is 5.32 Å². The second kappa shape index (κ2) is 5.76. The van der Waals surface area contributed by atoms with Gasteiger partial charge in [0.25, 0.3) is 5.91 Å². The molecule has 1 unspecified atom stereocenters. The van der Waals surface area contributed by atoms with Crippen molar-refractivity contribution in [2.24, 2.45) is 5.92 Å². The normalized spacial score (nSPS) is 18.8. The number of carbonyl (C=O) groups excluding carboxylic acids is 1. The van der Waals surface area contributed by atoms with E-state index < -0.39 is 17.6 Å². The summed E-state index contributed by atoms with van der Waals surface area (Å²) in [5.41, 5.74) is 1.11. The molecule has 1 aliphatic carbocycles. The lowest BCUT2D eigenvalue weighted by Gasteiger charge is -2.21. The third-order valence-corrected chi connectivity index (χ3v) is 3.42. The van der Waals surface area contributed by atoms with Crippen molar-refractivity contribution in [1.82, 2.24) is 5.32 Å². The molecule has 5 heteroatoms. The fraction of sp³-hybridized carbons (Fsp3) is 0.312. The predicted molar refractivity (Wildman–Crippen MR) is 74.5 cm³/mol. The van der Waals surface area contributed by atoms with Gasteiger partial charge in [-0.05, 0) is 43.5 Å². The van der Waals surface area contributed by atoms with Crippen LogP contribution in [-0.2, 0) is 6.18 Å². The number of carbonyl (C=O) groups is 1. The summed E-state index contributed by atoms with van der Waals surface area (Å²) in [4.78, 5) is 12.1. The summed E-state index contributed by atoms with van der Waals surface area (Å²) in [6, 6.07) is 4.43. The third kappa shape index (κ3) is 3.74. The molecule has 1 aliphatic rings. The van der Waals surface area contributed by atoms with Crippen molar-refractivity contribution in [2.45, 2.75) is 26.4 Å². The highest BCUT2D eigenvalue weighted by atomic mass is 19.4. The zero-order chi connectivity index (χ0) is 15.6. The van der Waals surface area contributed by atoms with Crippen LogP contribution in [0.3, 0.4) is 0 Å². The number of hydrogen-bond acceptors (Lipinski definition) is 1. The van der Waals surface area contributed by atoms with Gasteiger partial charge in [0.15, 0.2) is 0 Å². The van der Waals surface area contributed by atoms with Gasteiger partial charge in [-0.1, -0.05) is 24.6 Å². The molecule has 0 spiro atoms. The quantitative estimate of drug-likeness (QED) is 0.865. The van der Waals surface area contributed by atoms with E-state index in [-0.39, 0.29) is 11.5 Å². The number of amides is 1. The van der Waals surface area contributed by atoms with Crippen molar-refractivity contribution in [2.75, 3.05) is 0 Å². The Labute approximate surface area is 121 Å². The average Bonchev–Trinajstić information content (AvgIpc) is 2.41. The summed E-state index contributed by atoms with van der Waals surface area (Å²) in [5.74, 6) is -0.378. The first-order valence-electron chi connectivity index (χ1n) is 6.63. The van der Waals surface area contributed by atoms with Gasteiger partial charge in [0.2, 0.25) is 0 Å². The maximum Gasteiger partial charge on any atom is 0.416 e. The van der Waals surface area contributed by atoms with E-state index >= 15 is 0 Å². The highest BCUT2D eigenvalue weighted by Gasteiger charge is 2.31. The summed E-state index contributed by atoms with van der Waals surface area (Å²) >= 11 is 0. The molecule has 1 amide bonds. The molecular weight excluding hydrogens is 279 g/mol. The Bertz CT molecular complexity index is 614. The van der Waals surface area contributed by atoms with Gasteiger partial charge in [0.05, 0.1) is 5.56 Å². The van der Waals surface area contributed by atoms with E-state index in [0.717, 1.165) is 24.3 Å². The van der Waals surface area contributed by atoms with Crippen molar-refractivity contribution in [3.63, 3.8) is 0 Å². The van der Waals surface area contributed by atoms with Crippen LogP contribution in [0.4, 0.5) is 13.2 Å². The van der Waals surface area contributed by atoms with Crippen molar-refractivity contribution in [1.29, 1.82) is 0 Å². The van der Waals surface area contributed by atoms with Gasteiger partial charge in [-0.25, -0.2) is 0 Å². The zero-order valence-electron chi connectivity index (χ0n) is 11.8. The van der Waals surface area contributed by atoms with Gasteiger partial charge < -0.3 is 5.32 Å². The monoisotopic (exact) mass is 295 g/mol. The lowest BCUT2D eigenvalue weighted by molar-refractivity contribution is -0.137. The largest absolute Gasteiger partial charge is 0.416 e. The molecule has 0 bridgehead atoms. The predicted octanol–water partition coefficient (Wildman–Crippen LogP) is 4.31. The Morgan fingerprint density at radius 2 is 2.00 bits per heavy atom. The highest BCUT2D eigenvalue weighted by Crippen LogP contribution is 2.29. The number of rotatable bonds is 2. The number of benzene rings is 1. The summed E-state index contributed by atoms with van der Waals surface area (Å²) < 4.78 is 37.9. The van der Waals surface area contributed by atoms with Gasteiger partial charge in [-0.3, -0.25) is 4.79 Å². The summed E-state index contributed by atoms with van der Waals surface area (Å²) in [6.07, 6.45) is 0.0823. The molecule has 0 aromatic heterocycles. The Morgan fingerprint density at radius 3 is 2.62 bits per heavy atom. The topological polar surface area (TPSA) is 29.1 Å². The number of hydrogen-bond donors (Lipinski definition) is 1. The van der Waals surface area contributed by atoms with Crippen LogP contribution >= 0.6 is 0 Å². The van der Waals surface area contributed by atoms with E-state index in [4.69, 9.17) is 0 Å². The first-order valence-corrected chi connectivity index (χ1v) is 6.63. The molecule has 1 aromatic carbocycles. The van der Waals surface area contributed by atoms with Crippen molar-refractivity contribution in [3.8, 4) is 0 Å². The molecule has 0 saturated heterocycles. The van der Waals surface area contributed by atoms with Crippen LogP contribution in [0, 0.1) is 5.92 Å². The molecule has 0 saturated carbocycles. The number of halogens is 3. The Hall–Kier alpha value is -2.04. The van der Waals surface area contributed by atoms with Crippen LogP contribution in [0.25, 0.3) is 0 Å². The standard InChI is InChI=1S/C16H16F3NO/c1-10-6-7-14(11(2)8-10)20-15(21)12-4-3-5-13(9-12)16(17,18)19/h3-7,9,11H,8H2,1-2H3,(H,20,21). The third-order valence-electron chi connectivity index (χ3n) is 3.42. The smallest absolute Gasteiger partial charge is 0.325 e. The van der Waals surface area contributed by atoms with Gasteiger partial charge in [0.1, 0.15) is 0 Å². The van der Waals surface area contributed by atoms with Crippen molar-refractivity contribution < 1.29 is 18.0 Å². The highest BCUT2D eigenvalue weighted by molar-refractivity contribution is 5.95. The average molecular weight is 295 g/mol. The number of allylic oxidation sites excluding steroid dienone is 4. The molecule has 1 N–H and O–H groups in total. The molecule has 0 fully saturated rings. The van der Waals surface area contributed by atoms with Gasteiger partial charge in [0, 0.05) is 11.3 Å². The van der Waals surface area contributed by atoms with E-state index in [9.17, 15) is 18.0 Å². The molecule has 0 radical (unpaired) electrons. The van der Waals surface area contributed by atoms with E-state index in [0.29, 0.717) is 0 Å². The van der Waals surface area contributed by atoms with Gasteiger partial charge in [-0.2, -0.15) is 13.2 Å². The number of alkyl halides is 3. The van der Waals surface area contributed by atoms with E-state index in [1.807, 2.05) is 19.9 Å². The molecule has 21 heavy (non-hydrogen) atoms. The minimum Gasteiger partial charge on any atom is -0.325 e. The Morgan fingerprint density at radius 1 is 1.29 bits per heavy atom. The Kier molecular flexibility index (Phi) is 4.21. The second-order valence-electron chi connectivity index (χ2n) is 5.27. The first-order chi connectivity index (χ1) is 9.77. The molecule has 0 aliphatic heterocycles. The zero-order valence-corrected chi connectivity index (χ0v) is 11.8. The SMILES string of the molecule is CC1=CC=C(NC(=O)c2cccc(C(F)(F)F)c2)C(C)C1. The summed E-state index contributed by atoms with van der Waals surface area (Å²) in [5, 5.41) is 2.69. The Balaban J connectivity index is 2.18. The summed E-state index contributed by atoms with van der Waals surface area (Å²) in [7, 11) is 0. The van der Waals surface area contributed by atoms with E-state index in [1.54, 1.807) is 6.08 Å². The molecule has 112 valence electrons. The molecular formula is C16H16F3NO. The van der Waals surface area contributed by atoms with Gasteiger partial charge in [-0.15, -0.1) is 0 Å². The fourth-order valence-electron chi connectivity index (χ4n) is 2.26. The van der Waals surface area contributed by atoms with E-state index in [2.05, 4.69) is 5.32 Å². The first kappa shape index (κ1) is 15.4. The fourth-order valence-corrected chi connectivity index (χ4v) is 2.26. The minimum absolute atomic E-state index is 0.00389. The van der Waals surface area contributed by atoms with Crippen LogP contribution in [0.2, 0.25) is 0 Å². The lowest BCUT2D eigenvalue weighted by atomic mass is 9.93.